The second kappa shape index (κ2) is 3.41. The molecule has 2 heterocycles. The van der Waals surface area contributed by atoms with Gasteiger partial charge in [0.05, 0.1) is 17.4 Å². The first-order valence-corrected chi connectivity index (χ1v) is 4.90. The molecule has 0 fully saturated rings. The normalized spacial score (nSPS) is 10.8. The summed E-state index contributed by atoms with van der Waals surface area (Å²) in [6.07, 6.45) is 1.58. The number of amides is 1. The van der Waals surface area contributed by atoms with Crippen molar-refractivity contribution in [3.05, 3.63) is 30.2 Å². The van der Waals surface area contributed by atoms with Gasteiger partial charge in [-0.05, 0) is 6.07 Å². The third-order valence-corrected chi connectivity index (χ3v) is 2.49. The highest BCUT2D eigenvalue weighted by molar-refractivity contribution is 6.01. The molecule has 17 heavy (non-hydrogen) atoms. The fraction of sp³-hybridized carbons (Fsp3) is 0. The molecule has 1 amide bonds. The summed E-state index contributed by atoms with van der Waals surface area (Å²) in [6, 6.07) is 5.54. The minimum absolute atomic E-state index is 0.112. The summed E-state index contributed by atoms with van der Waals surface area (Å²) in [5.74, 6) is -0.624. The molecular formula is C10H8N6O. The molecule has 0 saturated carbocycles. The van der Waals surface area contributed by atoms with Gasteiger partial charge < -0.3 is 10.7 Å². The molecule has 0 saturated heterocycles. The first-order valence-electron chi connectivity index (χ1n) is 4.90. The van der Waals surface area contributed by atoms with Gasteiger partial charge >= 0.3 is 0 Å². The number of aromatic amines is 2. The van der Waals surface area contributed by atoms with Crippen molar-refractivity contribution in [2.45, 2.75) is 0 Å². The van der Waals surface area contributed by atoms with Crippen LogP contribution in [0.3, 0.4) is 0 Å². The number of fused-ring (bicyclic) bond motifs is 1. The molecule has 7 nitrogen and oxygen atoms in total. The van der Waals surface area contributed by atoms with Crippen LogP contribution in [-0.2, 0) is 0 Å². The van der Waals surface area contributed by atoms with E-state index in [4.69, 9.17) is 5.73 Å². The van der Waals surface area contributed by atoms with Crippen molar-refractivity contribution in [2.24, 2.45) is 5.73 Å². The van der Waals surface area contributed by atoms with Crippen molar-refractivity contribution in [2.75, 3.05) is 0 Å². The maximum absolute atomic E-state index is 11.2. The van der Waals surface area contributed by atoms with Crippen LogP contribution in [0.15, 0.2) is 24.5 Å². The molecule has 0 spiro atoms. The summed E-state index contributed by atoms with van der Waals surface area (Å²) in [5.41, 5.74) is 8.05. The molecular weight excluding hydrogens is 220 g/mol. The van der Waals surface area contributed by atoms with Crippen molar-refractivity contribution in [1.82, 2.24) is 25.4 Å². The van der Waals surface area contributed by atoms with Gasteiger partial charge in [0.25, 0.3) is 5.91 Å². The number of H-pyrrole nitrogens is 2. The minimum Gasteiger partial charge on any atom is -0.364 e. The Kier molecular flexibility index (Phi) is 1.91. The monoisotopic (exact) mass is 228 g/mol. The van der Waals surface area contributed by atoms with E-state index in [-0.39, 0.29) is 5.69 Å². The molecule has 0 bridgehead atoms. The van der Waals surface area contributed by atoms with Gasteiger partial charge in [0.1, 0.15) is 5.69 Å². The van der Waals surface area contributed by atoms with Crippen molar-refractivity contribution < 1.29 is 4.79 Å². The Morgan fingerprint density at radius 3 is 3.00 bits per heavy atom. The third-order valence-electron chi connectivity index (χ3n) is 2.49. The molecule has 0 aliphatic carbocycles. The van der Waals surface area contributed by atoms with Crippen LogP contribution in [0.5, 0.6) is 0 Å². The lowest BCUT2D eigenvalue weighted by atomic mass is 10.1. The molecule has 3 aromatic rings. The van der Waals surface area contributed by atoms with Crippen LogP contribution in [0.2, 0.25) is 0 Å². The number of nitrogens with zero attached hydrogens (tertiary/aromatic N) is 3. The second-order valence-corrected chi connectivity index (χ2v) is 3.49. The summed E-state index contributed by atoms with van der Waals surface area (Å²) in [5, 5.41) is 10.1. The highest BCUT2D eigenvalue weighted by atomic mass is 16.1. The lowest BCUT2D eigenvalue weighted by molar-refractivity contribution is 0.0996. The molecule has 0 aliphatic rings. The molecule has 0 aliphatic heterocycles. The highest BCUT2D eigenvalue weighted by Crippen LogP contribution is 2.26. The van der Waals surface area contributed by atoms with E-state index in [0.717, 1.165) is 11.0 Å². The van der Waals surface area contributed by atoms with E-state index in [2.05, 4.69) is 25.4 Å². The van der Waals surface area contributed by atoms with Gasteiger partial charge in [-0.3, -0.25) is 4.79 Å². The van der Waals surface area contributed by atoms with Crippen LogP contribution in [0.25, 0.3) is 22.3 Å². The lowest BCUT2D eigenvalue weighted by Crippen LogP contribution is -2.12. The molecule has 3 rings (SSSR count). The van der Waals surface area contributed by atoms with E-state index >= 15 is 0 Å². The number of nitrogens with one attached hydrogen (secondary N) is 2. The van der Waals surface area contributed by atoms with Crippen molar-refractivity contribution in [1.29, 1.82) is 0 Å². The van der Waals surface area contributed by atoms with E-state index < -0.39 is 5.91 Å². The van der Waals surface area contributed by atoms with Crippen LogP contribution >= 0.6 is 0 Å². The Morgan fingerprint density at radius 1 is 1.29 bits per heavy atom. The zero-order valence-corrected chi connectivity index (χ0v) is 8.64. The number of imidazole rings is 1. The Labute approximate surface area is 95.1 Å². The van der Waals surface area contributed by atoms with E-state index in [9.17, 15) is 4.79 Å². The summed E-state index contributed by atoms with van der Waals surface area (Å²) >= 11 is 0. The average Bonchev–Trinajstić information content (AvgIpc) is 2.97. The Balaban J connectivity index is 2.30. The number of aromatic nitrogens is 5. The maximum Gasteiger partial charge on any atom is 0.271 e. The Morgan fingerprint density at radius 2 is 2.18 bits per heavy atom. The molecule has 0 atom stereocenters. The molecule has 84 valence electrons. The maximum atomic E-state index is 11.2. The van der Waals surface area contributed by atoms with Gasteiger partial charge in [0.15, 0.2) is 5.69 Å². The molecule has 1 aromatic carbocycles. The van der Waals surface area contributed by atoms with Gasteiger partial charge in [-0.25, -0.2) is 4.98 Å². The molecule has 4 N–H and O–H groups in total. The Bertz CT molecular complexity index is 697. The second-order valence-electron chi connectivity index (χ2n) is 3.49. The summed E-state index contributed by atoms with van der Waals surface area (Å²) in [6.45, 7) is 0. The van der Waals surface area contributed by atoms with Crippen LogP contribution in [0.1, 0.15) is 10.5 Å². The highest BCUT2D eigenvalue weighted by Gasteiger charge is 2.17. The molecule has 0 unspecified atom stereocenters. The third kappa shape index (κ3) is 1.36. The number of hydrogen-bond donors (Lipinski definition) is 3. The SMILES string of the molecule is NC(=O)c1n[nH]nc1-c1cccc2[nH]cnc12. The van der Waals surface area contributed by atoms with Crippen molar-refractivity contribution >= 4 is 16.9 Å². The quantitative estimate of drug-likeness (QED) is 0.590. The number of rotatable bonds is 2. The number of carbonyl (C=O) groups excluding carboxylic acids is 1. The fourth-order valence-electron chi connectivity index (χ4n) is 1.75. The van der Waals surface area contributed by atoms with Gasteiger partial charge in [0, 0.05) is 5.56 Å². The van der Waals surface area contributed by atoms with Crippen LogP contribution < -0.4 is 5.73 Å². The number of carbonyl (C=O) groups is 1. The van der Waals surface area contributed by atoms with Crippen LogP contribution in [0.4, 0.5) is 0 Å². The number of primary amides is 1. The predicted molar refractivity (Wildman–Crippen MR) is 60.0 cm³/mol. The standard InChI is InChI=1S/C10H8N6O/c11-10(17)9-8(14-16-15-9)5-2-1-3-6-7(5)13-4-12-6/h1-4H,(H2,11,17)(H,12,13)(H,14,15,16). The van der Waals surface area contributed by atoms with Gasteiger partial charge in [-0.2, -0.15) is 15.4 Å². The zero-order valence-electron chi connectivity index (χ0n) is 8.64. The van der Waals surface area contributed by atoms with Gasteiger partial charge in [-0.15, -0.1) is 0 Å². The first-order chi connectivity index (χ1) is 8.27. The largest absolute Gasteiger partial charge is 0.364 e. The summed E-state index contributed by atoms with van der Waals surface area (Å²) < 4.78 is 0. The van der Waals surface area contributed by atoms with Crippen LogP contribution in [0, 0.1) is 0 Å². The molecule has 2 aromatic heterocycles. The van der Waals surface area contributed by atoms with Crippen LogP contribution in [-0.4, -0.2) is 31.3 Å². The van der Waals surface area contributed by atoms with E-state index in [1.54, 1.807) is 6.33 Å². The molecule has 0 radical (unpaired) electrons. The topological polar surface area (TPSA) is 113 Å². The fourth-order valence-corrected chi connectivity index (χ4v) is 1.75. The lowest BCUT2D eigenvalue weighted by Gasteiger charge is -1.99. The van der Waals surface area contributed by atoms with Crippen molar-refractivity contribution in [3.63, 3.8) is 0 Å². The number of hydrogen-bond acceptors (Lipinski definition) is 4. The number of benzene rings is 1. The zero-order chi connectivity index (χ0) is 11.8. The number of para-hydroxylation sites is 1. The average molecular weight is 228 g/mol. The van der Waals surface area contributed by atoms with E-state index in [0.29, 0.717) is 11.3 Å². The van der Waals surface area contributed by atoms with E-state index in [1.807, 2.05) is 18.2 Å². The Hall–Kier alpha value is -2.70. The summed E-state index contributed by atoms with van der Waals surface area (Å²) in [4.78, 5) is 18.4. The van der Waals surface area contributed by atoms with Gasteiger partial charge in [0.2, 0.25) is 0 Å². The minimum atomic E-state index is -0.624. The predicted octanol–water partition coefficient (Wildman–Crippen LogP) is 0.447. The van der Waals surface area contributed by atoms with Crippen molar-refractivity contribution in [3.8, 4) is 11.3 Å². The number of nitrogens with two attached hydrogens (primary N) is 1. The van der Waals surface area contributed by atoms with E-state index in [1.165, 1.54) is 0 Å². The first kappa shape index (κ1) is 9.52. The summed E-state index contributed by atoms with van der Waals surface area (Å²) in [7, 11) is 0. The smallest absolute Gasteiger partial charge is 0.271 e. The van der Waals surface area contributed by atoms with Gasteiger partial charge in [-0.1, -0.05) is 12.1 Å². The molecule has 7 heteroatoms.